The number of pyridine rings is 1. The molecule has 0 aromatic carbocycles. The molecule has 1 aliphatic carbocycles. The molecule has 1 aromatic heterocycles. The van der Waals surface area contributed by atoms with Gasteiger partial charge in [-0.1, -0.05) is 19.3 Å². The van der Waals surface area contributed by atoms with Gasteiger partial charge in [0.15, 0.2) is 0 Å². The molecule has 6 heteroatoms. The first-order valence-electron chi connectivity index (χ1n) is 10.2. The molecule has 3 heterocycles. The summed E-state index contributed by atoms with van der Waals surface area (Å²) in [5.74, 6) is 0.957. The minimum Gasteiger partial charge on any atom is -0.462 e. The van der Waals surface area contributed by atoms with Gasteiger partial charge < -0.3 is 9.64 Å². The van der Waals surface area contributed by atoms with Gasteiger partial charge in [-0.3, -0.25) is 9.69 Å². The van der Waals surface area contributed by atoms with Gasteiger partial charge in [0.2, 0.25) is 0 Å². The monoisotopic (exact) mass is 368 g/mol. The van der Waals surface area contributed by atoms with Crippen molar-refractivity contribution in [2.24, 2.45) is 5.41 Å². The molecule has 2 aliphatic heterocycles. The molecular weight excluding hydrogens is 340 g/mol. The second-order valence-electron chi connectivity index (χ2n) is 8.20. The van der Waals surface area contributed by atoms with E-state index in [-0.39, 0.29) is 17.5 Å². The number of ether oxygens (including phenoxy) is 1. The molecule has 1 aromatic rings. The Kier molecular flexibility index (Phi) is 5.31. The van der Waals surface area contributed by atoms with Gasteiger partial charge in [-0.15, -0.1) is 0 Å². The minimum absolute atomic E-state index is 0.0699. The summed E-state index contributed by atoms with van der Waals surface area (Å²) in [6, 6.07) is 5.77. The van der Waals surface area contributed by atoms with E-state index in [1.54, 1.807) is 12.3 Å². The highest BCUT2D eigenvalue weighted by atomic mass is 16.6. The van der Waals surface area contributed by atoms with Crippen molar-refractivity contribution < 1.29 is 9.53 Å². The second-order valence-corrected chi connectivity index (χ2v) is 8.20. The Morgan fingerprint density at radius 3 is 2.74 bits per heavy atom. The molecule has 1 spiro atoms. The number of aromatic nitrogens is 1. The van der Waals surface area contributed by atoms with Gasteiger partial charge in [-0.05, 0) is 31.4 Å². The molecule has 0 N–H and O–H groups in total. The molecule has 1 atom stereocenters. The number of rotatable bonds is 4. The molecule has 0 bridgehead atoms. The predicted octanol–water partition coefficient (Wildman–Crippen LogP) is 2.73. The van der Waals surface area contributed by atoms with Crippen molar-refractivity contribution in [3.63, 3.8) is 0 Å². The molecule has 0 unspecified atom stereocenters. The summed E-state index contributed by atoms with van der Waals surface area (Å²) in [5.41, 5.74) is 0.501. The standard InChI is InChI=1S/C21H28N4O2/c22-16-17-4-8-23-19(14-17)25-12-10-24(11-13-25)9-5-18-15-21(20(26)27-18)6-2-1-3-7-21/h4,8,14,18H,1-3,5-7,9-13,15H2/t18-/m0/s1. The van der Waals surface area contributed by atoms with Crippen LogP contribution in [0.15, 0.2) is 18.3 Å². The minimum atomic E-state index is -0.154. The zero-order chi connectivity index (χ0) is 18.7. The number of carbonyl (C=O) groups excluding carboxylic acids is 1. The largest absolute Gasteiger partial charge is 0.462 e. The lowest BCUT2D eigenvalue weighted by atomic mass is 9.72. The van der Waals surface area contributed by atoms with Crippen LogP contribution in [0, 0.1) is 16.7 Å². The van der Waals surface area contributed by atoms with E-state index < -0.39 is 0 Å². The van der Waals surface area contributed by atoms with Crippen LogP contribution in [0.5, 0.6) is 0 Å². The SMILES string of the molecule is N#Cc1ccnc(N2CCN(CC[C@H]3CC4(CCCCC4)C(=O)O3)CC2)c1. The summed E-state index contributed by atoms with van der Waals surface area (Å²) >= 11 is 0. The normalized spacial score (nSPS) is 25.4. The van der Waals surface area contributed by atoms with Crippen LogP contribution >= 0.6 is 0 Å². The number of nitrogens with zero attached hydrogens (tertiary/aromatic N) is 4. The van der Waals surface area contributed by atoms with Gasteiger partial charge in [0, 0.05) is 45.3 Å². The second kappa shape index (κ2) is 7.85. The highest BCUT2D eigenvalue weighted by Crippen LogP contribution is 2.46. The third-order valence-electron chi connectivity index (χ3n) is 6.47. The smallest absolute Gasteiger partial charge is 0.312 e. The summed E-state index contributed by atoms with van der Waals surface area (Å²) in [6.07, 6.45) is 9.32. The summed E-state index contributed by atoms with van der Waals surface area (Å²) in [6.45, 7) is 4.76. The predicted molar refractivity (Wildman–Crippen MR) is 102 cm³/mol. The van der Waals surface area contributed by atoms with Crippen LogP contribution in [0.25, 0.3) is 0 Å². The number of hydrogen-bond acceptors (Lipinski definition) is 6. The van der Waals surface area contributed by atoms with E-state index in [1.807, 2.05) is 6.07 Å². The molecule has 0 radical (unpaired) electrons. The zero-order valence-corrected chi connectivity index (χ0v) is 15.9. The molecule has 4 rings (SSSR count). The van der Waals surface area contributed by atoms with Crippen LogP contribution in [-0.4, -0.2) is 54.7 Å². The number of anilines is 1. The van der Waals surface area contributed by atoms with Crippen LogP contribution in [0.4, 0.5) is 5.82 Å². The molecule has 144 valence electrons. The van der Waals surface area contributed by atoms with Crippen LogP contribution in [0.1, 0.15) is 50.5 Å². The Labute approximate surface area is 161 Å². The van der Waals surface area contributed by atoms with E-state index >= 15 is 0 Å². The number of cyclic esters (lactones) is 1. The van der Waals surface area contributed by atoms with E-state index in [0.717, 1.165) is 64.2 Å². The van der Waals surface area contributed by atoms with Crippen molar-refractivity contribution in [2.45, 2.75) is 51.0 Å². The van der Waals surface area contributed by atoms with Gasteiger partial charge in [0.25, 0.3) is 0 Å². The van der Waals surface area contributed by atoms with Crippen molar-refractivity contribution in [1.82, 2.24) is 9.88 Å². The fourth-order valence-corrected chi connectivity index (χ4v) is 4.82. The van der Waals surface area contributed by atoms with Gasteiger partial charge in [0.1, 0.15) is 11.9 Å². The van der Waals surface area contributed by atoms with Gasteiger partial charge in [-0.25, -0.2) is 4.98 Å². The first-order valence-corrected chi connectivity index (χ1v) is 10.2. The van der Waals surface area contributed by atoms with Crippen LogP contribution in [0.2, 0.25) is 0 Å². The summed E-state index contributed by atoms with van der Waals surface area (Å²) in [4.78, 5) is 21.5. The molecule has 27 heavy (non-hydrogen) atoms. The van der Waals surface area contributed by atoms with Crippen molar-refractivity contribution in [3.05, 3.63) is 23.9 Å². The fraction of sp³-hybridized carbons (Fsp3) is 0.667. The topological polar surface area (TPSA) is 69.5 Å². The molecule has 3 fully saturated rings. The molecule has 3 aliphatic rings. The van der Waals surface area contributed by atoms with Crippen molar-refractivity contribution in [3.8, 4) is 6.07 Å². The molecule has 6 nitrogen and oxygen atoms in total. The molecule has 2 saturated heterocycles. The summed E-state index contributed by atoms with van der Waals surface area (Å²) in [7, 11) is 0. The van der Waals surface area contributed by atoms with E-state index in [1.165, 1.54) is 19.3 Å². The first-order chi connectivity index (χ1) is 13.2. The van der Waals surface area contributed by atoms with Crippen molar-refractivity contribution in [1.29, 1.82) is 5.26 Å². The Morgan fingerprint density at radius 2 is 2.00 bits per heavy atom. The number of esters is 1. The van der Waals surface area contributed by atoms with Crippen molar-refractivity contribution >= 4 is 11.8 Å². The molecule has 1 saturated carbocycles. The van der Waals surface area contributed by atoms with Crippen LogP contribution in [0.3, 0.4) is 0 Å². The average molecular weight is 368 g/mol. The highest BCUT2D eigenvalue weighted by molar-refractivity contribution is 5.79. The van der Waals surface area contributed by atoms with Crippen LogP contribution in [-0.2, 0) is 9.53 Å². The fourth-order valence-electron chi connectivity index (χ4n) is 4.82. The van der Waals surface area contributed by atoms with Gasteiger partial charge in [-0.2, -0.15) is 5.26 Å². The number of hydrogen-bond donors (Lipinski definition) is 0. The van der Waals surface area contributed by atoms with Gasteiger partial charge >= 0.3 is 5.97 Å². The highest BCUT2D eigenvalue weighted by Gasteiger charge is 2.48. The van der Waals surface area contributed by atoms with E-state index in [2.05, 4.69) is 20.9 Å². The Hall–Kier alpha value is -2.13. The van der Waals surface area contributed by atoms with Gasteiger partial charge in [0.05, 0.1) is 17.0 Å². The summed E-state index contributed by atoms with van der Waals surface area (Å²) in [5, 5.41) is 9.05. The lowest BCUT2D eigenvalue weighted by Crippen LogP contribution is -2.47. The lowest BCUT2D eigenvalue weighted by molar-refractivity contribution is -0.150. The Bertz CT molecular complexity index is 715. The summed E-state index contributed by atoms with van der Waals surface area (Å²) < 4.78 is 5.75. The maximum Gasteiger partial charge on any atom is 0.312 e. The Balaban J connectivity index is 1.24. The Morgan fingerprint density at radius 1 is 1.22 bits per heavy atom. The van der Waals surface area contributed by atoms with Crippen LogP contribution < -0.4 is 4.90 Å². The third-order valence-corrected chi connectivity index (χ3v) is 6.47. The maximum atomic E-state index is 12.4. The maximum absolute atomic E-state index is 12.4. The number of nitriles is 1. The van der Waals surface area contributed by atoms with E-state index in [4.69, 9.17) is 10.00 Å². The lowest BCUT2D eigenvalue weighted by Gasteiger charge is -2.35. The number of carbonyl (C=O) groups is 1. The third kappa shape index (κ3) is 3.93. The zero-order valence-electron chi connectivity index (χ0n) is 15.9. The first kappa shape index (κ1) is 18.2. The molecular formula is C21H28N4O2. The van der Waals surface area contributed by atoms with E-state index in [9.17, 15) is 4.79 Å². The number of piperazine rings is 1. The quantitative estimate of drug-likeness (QED) is 0.761. The van der Waals surface area contributed by atoms with Crippen molar-refractivity contribution in [2.75, 3.05) is 37.6 Å². The molecule has 0 amide bonds. The average Bonchev–Trinajstić information content (AvgIpc) is 3.02. The van der Waals surface area contributed by atoms with E-state index in [0.29, 0.717) is 5.56 Å².